The second kappa shape index (κ2) is 4.92. The van der Waals surface area contributed by atoms with E-state index in [2.05, 4.69) is 5.10 Å². The van der Waals surface area contributed by atoms with Gasteiger partial charge in [0.05, 0.1) is 16.3 Å². The zero-order valence-electron chi connectivity index (χ0n) is 9.35. The summed E-state index contributed by atoms with van der Waals surface area (Å²) in [4.78, 5) is 22.3. The minimum Gasteiger partial charge on any atom is -0.298 e. The number of aldehydes is 1. The molecular formula is C12H8Cl2N2O2. The third-order valence-electron chi connectivity index (χ3n) is 2.42. The van der Waals surface area contributed by atoms with Crippen molar-refractivity contribution < 1.29 is 4.79 Å². The number of aryl methyl sites for hydroxylation is 1. The van der Waals surface area contributed by atoms with E-state index in [-0.39, 0.29) is 5.56 Å². The van der Waals surface area contributed by atoms with Crippen LogP contribution in [0.1, 0.15) is 10.4 Å². The van der Waals surface area contributed by atoms with Gasteiger partial charge in [-0.3, -0.25) is 9.59 Å². The Bertz CT molecular complexity index is 680. The first-order valence-corrected chi connectivity index (χ1v) is 5.77. The van der Waals surface area contributed by atoms with Crippen LogP contribution in [0.15, 0.2) is 29.1 Å². The molecule has 0 bridgehead atoms. The van der Waals surface area contributed by atoms with Crippen molar-refractivity contribution in [1.82, 2.24) is 9.78 Å². The van der Waals surface area contributed by atoms with Gasteiger partial charge in [-0.1, -0.05) is 23.2 Å². The molecule has 0 atom stereocenters. The van der Waals surface area contributed by atoms with E-state index < -0.39 is 5.56 Å². The maximum absolute atomic E-state index is 11.5. The first-order chi connectivity index (χ1) is 8.52. The van der Waals surface area contributed by atoms with Gasteiger partial charge < -0.3 is 0 Å². The molecule has 18 heavy (non-hydrogen) atoms. The molecule has 2 rings (SSSR count). The smallest absolute Gasteiger partial charge is 0.277 e. The number of hydrogen-bond donors (Lipinski definition) is 0. The lowest BCUT2D eigenvalue weighted by molar-refractivity contribution is 0.112. The van der Waals surface area contributed by atoms with Crippen molar-refractivity contribution in [3.05, 3.63) is 50.2 Å². The predicted octanol–water partition coefficient (Wildman–Crippen LogP) is 2.57. The van der Waals surface area contributed by atoms with E-state index in [1.54, 1.807) is 18.2 Å². The van der Waals surface area contributed by atoms with Crippen LogP contribution in [0.4, 0.5) is 0 Å². The minimum absolute atomic E-state index is 0.0357. The molecular weight excluding hydrogens is 275 g/mol. The first kappa shape index (κ1) is 12.8. The largest absolute Gasteiger partial charge is 0.298 e. The zero-order chi connectivity index (χ0) is 13.3. The number of aromatic nitrogens is 2. The predicted molar refractivity (Wildman–Crippen MR) is 70.3 cm³/mol. The molecule has 0 radical (unpaired) electrons. The van der Waals surface area contributed by atoms with Gasteiger partial charge in [0.15, 0.2) is 6.29 Å². The Kier molecular flexibility index (Phi) is 3.50. The van der Waals surface area contributed by atoms with E-state index in [1.165, 1.54) is 13.1 Å². The van der Waals surface area contributed by atoms with E-state index in [9.17, 15) is 9.59 Å². The normalized spacial score (nSPS) is 10.4. The highest BCUT2D eigenvalue weighted by atomic mass is 35.5. The van der Waals surface area contributed by atoms with Crippen molar-refractivity contribution in [2.75, 3.05) is 0 Å². The van der Waals surface area contributed by atoms with Crippen molar-refractivity contribution in [2.45, 2.75) is 0 Å². The summed E-state index contributed by atoms with van der Waals surface area (Å²) in [7, 11) is 1.47. The quantitative estimate of drug-likeness (QED) is 0.796. The zero-order valence-corrected chi connectivity index (χ0v) is 10.9. The maximum atomic E-state index is 11.5. The van der Waals surface area contributed by atoms with Gasteiger partial charge >= 0.3 is 0 Å². The Morgan fingerprint density at radius 2 is 2.00 bits per heavy atom. The molecule has 1 aromatic carbocycles. The summed E-state index contributed by atoms with van der Waals surface area (Å²) in [6, 6.07) is 6.33. The molecule has 6 heteroatoms. The Labute approximate surface area is 113 Å². The number of hydrogen-bond acceptors (Lipinski definition) is 3. The first-order valence-electron chi connectivity index (χ1n) is 5.02. The van der Waals surface area contributed by atoms with Crippen LogP contribution < -0.4 is 5.56 Å². The highest BCUT2D eigenvalue weighted by molar-refractivity contribution is 6.36. The molecule has 0 saturated carbocycles. The molecule has 0 fully saturated rings. The van der Waals surface area contributed by atoms with Gasteiger partial charge in [-0.2, -0.15) is 5.10 Å². The van der Waals surface area contributed by atoms with E-state index in [1.807, 2.05) is 0 Å². The molecule has 0 aliphatic rings. The molecule has 0 aliphatic heterocycles. The van der Waals surface area contributed by atoms with E-state index >= 15 is 0 Å². The fourth-order valence-corrected chi connectivity index (χ4v) is 2.05. The Morgan fingerprint density at radius 3 is 2.61 bits per heavy atom. The maximum Gasteiger partial charge on any atom is 0.277 e. The standard InChI is InChI=1S/C12H8Cl2N2O2/c1-16-12(18)7(6-17)4-11(15-16)9-3-2-8(13)5-10(9)14/h2-6H,1H3. The summed E-state index contributed by atoms with van der Waals surface area (Å²) in [5, 5.41) is 4.97. The van der Waals surface area contributed by atoms with Crippen LogP contribution in [-0.2, 0) is 7.05 Å². The fraction of sp³-hybridized carbons (Fsp3) is 0.0833. The summed E-state index contributed by atoms with van der Waals surface area (Å²) in [6.45, 7) is 0. The molecule has 92 valence electrons. The molecule has 0 unspecified atom stereocenters. The van der Waals surface area contributed by atoms with Gasteiger partial charge in [-0.15, -0.1) is 0 Å². The second-order valence-electron chi connectivity index (χ2n) is 3.66. The average Bonchev–Trinajstić information content (AvgIpc) is 2.32. The average molecular weight is 283 g/mol. The number of rotatable bonds is 2. The van der Waals surface area contributed by atoms with Gasteiger partial charge in [-0.25, -0.2) is 4.68 Å². The van der Waals surface area contributed by atoms with Crippen LogP contribution >= 0.6 is 23.2 Å². The van der Waals surface area contributed by atoms with E-state index in [0.29, 0.717) is 27.6 Å². The molecule has 0 aliphatic carbocycles. The summed E-state index contributed by atoms with van der Waals surface area (Å²) in [6.07, 6.45) is 0.497. The highest BCUT2D eigenvalue weighted by Gasteiger charge is 2.10. The van der Waals surface area contributed by atoms with E-state index in [0.717, 1.165) is 4.68 Å². The van der Waals surface area contributed by atoms with Crippen LogP contribution in [0, 0.1) is 0 Å². The fourth-order valence-electron chi connectivity index (χ4n) is 1.55. The third kappa shape index (κ3) is 2.30. The second-order valence-corrected chi connectivity index (χ2v) is 4.50. The van der Waals surface area contributed by atoms with Gasteiger partial charge in [0.2, 0.25) is 0 Å². The molecule has 1 aromatic heterocycles. The molecule has 0 saturated heterocycles. The molecule has 1 heterocycles. The van der Waals surface area contributed by atoms with Crippen molar-refractivity contribution in [2.24, 2.45) is 7.05 Å². The number of carbonyl (C=O) groups excluding carboxylic acids is 1. The van der Waals surface area contributed by atoms with Crippen LogP contribution in [0.5, 0.6) is 0 Å². The third-order valence-corrected chi connectivity index (χ3v) is 2.97. The number of halogens is 2. The summed E-state index contributed by atoms with van der Waals surface area (Å²) >= 11 is 11.9. The van der Waals surface area contributed by atoms with Crippen LogP contribution in [0.25, 0.3) is 11.3 Å². The lowest BCUT2D eigenvalue weighted by atomic mass is 10.1. The molecule has 0 N–H and O–H groups in total. The van der Waals surface area contributed by atoms with Crippen LogP contribution in [0.2, 0.25) is 10.0 Å². The number of carbonyl (C=O) groups is 1. The molecule has 2 aromatic rings. The lowest BCUT2D eigenvalue weighted by Crippen LogP contribution is -2.23. The summed E-state index contributed by atoms with van der Waals surface area (Å²) in [5.74, 6) is 0. The van der Waals surface area contributed by atoms with Gasteiger partial charge in [0, 0.05) is 17.6 Å². The Hall–Kier alpha value is -1.65. The number of nitrogens with zero attached hydrogens (tertiary/aromatic N) is 2. The van der Waals surface area contributed by atoms with Crippen molar-refractivity contribution in [1.29, 1.82) is 0 Å². The van der Waals surface area contributed by atoms with Crippen molar-refractivity contribution in [3.63, 3.8) is 0 Å². The van der Waals surface area contributed by atoms with Crippen molar-refractivity contribution >= 4 is 29.5 Å². The molecule has 0 spiro atoms. The monoisotopic (exact) mass is 282 g/mol. The summed E-state index contributed by atoms with van der Waals surface area (Å²) in [5.41, 5.74) is 0.646. The Morgan fingerprint density at radius 1 is 1.28 bits per heavy atom. The topological polar surface area (TPSA) is 52.0 Å². The molecule has 0 amide bonds. The summed E-state index contributed by atoms with van der Waals surface area (Å²) < 4.78 is 1.10. The van der Waals surface area contributed by atoms with Gasteiger partial charge in [0.1, 0.15) is 0 Å². The van der Waals surface area contributed by atoms with E-state index in [4.69, 9.17) is 23.2 Å². The van der Waals surface area contributed by atoms with Crippen molar-refractivity contribution in [3.8, 4) is 11.3 Å². The van der Waals surface area contributed by atoms with Crippen LogP contribution in [0.3, 0.4) is 0 Å². The minimum atomic E-state index is -0.446. The highest BCUT2D eigenvalue weighted by Crippen LogP contribution is 2.28. The number of benzene rings is 1. The van der Waals surface area contributed by atoms with Gasteiger partial charge in [-0.05, 0) is 24.3 Å². The van der Waals surface area contributed by atoms with Gasteiger partial charge in [0.25, 0.3) is 5.56 Å². The Balaban J connectivity index is 2.68. The lowest BCUT2D eigenvalue weighted by Gasteiger charge is -2.06. The SMILES string of the molecule is Cn1nc(-c2ccc(Cl)cc2Cl)cc(C=O)c1=O. The van der Waals surface area contributed by atoms with Crippen LogP contribution in [-0.4, -0.2) is 16.1 Å². The molecule has 4 nitrogen and oxygen atoms in total.